The molecule has 3 heterocycles. The summed E-state index contributed by atoms with van der Waals surface area (Å²) in [6, 6.07) is -0.486. The van der Waals surface area contributed by atoms with E-state index in [1.807, 2.05) is 25.7 Å². The number of fused-ring (bicyclic) bond motifs is 1. The lowest BCUT2D eigenvalue weighted by atomic mass is 10.0. The Labute approximate surface area is 180 Å². The molecule has 146 valence electrons. The molecule has 1 aromatic heterocycles. The molecule has 2 aliphatic heterocycles. The first-order chi connectivity index (χ1) is 12.9. The predicted octanol–water partition coefficient (Wildman–Crippen LogP) is 2.64. The molecule has 1 fully saturated rings. The summed E-state index contributed by atoms with van der Waals surface area (Å²) >= 11 is 5.48. The zero-order chi connectivity index (χ0) is 19.7. The molecule has 0 unspecified atom stereocenters. The van der Waals surface area contributed by atoms with Gasteiger partial charge in [0.05, 0.1) is 5.01 Å². The second-order valence-electron chi connectivity index (χ2n) is 6.14. The first-order valence-corrected chi connectivity index (χ1v) is 11.9. The lowest BCUT2D eigenvalue weighted by Gasteiger charge is -2.53. The molecule has 27 heavy (non-hydrogen) atoms. The molecule has 2 amide bonds. The maximum absolute atomic E-state index is 13.2. The van der Waals surface area contributed by atoms with Crippen LogP contribution in [0.25, 0.3) is 0 Å². The smallest absolute Gasteiger partial charge is 0.278 e. The fourth-order valence-electron chi connectivity index (χ4n) is 3.22. The van der Waals surface area contributed by atoms with Crippen molar-refractivity contribution in [3.8, 4) is 0 Å². The van der Waals surface area contributed by atoms with Crippen molar-refractivity contribution in [2.75, 3.05) is 23.8 Å². The summed E-state index contributed by atoms with van der Waals surface area (Å²) in [5.74, 6) is 0.522. The van der Waals surface area contributed by atoms with Crippen molar-refractivity contribution in [3.05, 3.63) is 27.4 Å². The van der Waals surface area contributed by atoms with Gasteiger partial charge in [-0.1, -0.05) is 27.7 Å². The molecular formula is C17H21IN4O3S2. The van der Waals surface area contributed by atoms with Gasteiger partial charge in [0.2, 0.25) is 0 Å². The number of carbonyl (C=O) groups excluding carboxylic acids is 2. The Morgan fingerprint density at radius 2 is 2.26 bits per heavy atom. The number of hydrogen-bond acceptors (Lipinski definition) is 7. The van der Waals surface area contributed by atoms with Crippen LogP contribution in [0, 0.1) is 6.92 Å². The summed E-state index contributed by atoms with van der Waals surface area (Å²) in [5, 5.41) is 6.49. The lowest BCUT2D eigenvalue weighted by molar-refractivity contribution is -0.154. The maximum Gasteiger partial charge on any atom is 0.278 e. The predicted molar refractivity (Wildman–Crippen MR) is 116 cm³/mol. The summed E-state index contributed by atoms with van der Waals surface area (Å²) in [7, 11) is 1.40. The topological polar surface area (TPSA) is 75.1 Å². The molecule has 1 saturated heterocycles. The van der Waals surface area contributed by atoms with Crippen molar-refractivity contribution in [1.82, 2.24) is 14.8 Å². The van der Waals surface area contributed by atoms with Gasteiger partial charge in [-0.05, 0) is 26.3 Å². The highest BCUT2D eigenvalue weighted by Gasteiger charge is 2.54. The number of hydrogen-bond donors (Lipinski definition) is 0. The van der Waals surface area contributed by atoms with Crippen LogP contribution >= 0.6 is 45.7 Å². The number of alkyl halides is 1. The van der Waals surface area contributed by atoms with E-state index in [1.54, 1.807) is 22.0 Å². The molecule has 1 aromatic rings. The molecule has 2 aliphatic rings. The Kier molecular flexibility index (Phi) is 6.46. The highest BCUT2D eigenvalue weighted by Crippen LogP contribution is 2.42. The summed E-state index contributed by atoms with van der Waals surface area (Å²) in [6.07, 6.45) is 0. The number of β-lactam (4-membered cyclic amide) rings is 1. The zero-order valence-corrected chi connectivity index (χ0v) is 19.4. The number of halogens is 1. The van der Waals surface area contributed by atoms with Gasteiger partial charge in [-0.15, -0.1) is 23.1 Å². The molecule has 7 nitrogen and oxygen atoms in total. The second kappa shape index (κ2) is 8.48. The highest BCUT2D eigenvalue weighted by atomic mass is 127. The minimum absolute atomic E-state index is 0.0338. The van der Waals surface area contributed by atoms with Gasteiger partial charge in [-0.2, -0.15) is 0 Å². The number of thiazole rings is 1. The van der Waals surface area contributed by atoms with Crippen LogP contribution in [0.5, 0.6) is 0 Å². The van der Waals surface area contributed by atoms with E-state index in [9.17, 15) is 9.59 Å². The van der Waals surface area contributed by atoms with E-state index in [0.29, 0.717) is 12.2 Å². The van der Waals surface area contributed by atoms with Gasteiger partial charge in [-0.25, -0.2) is 4.98 Å². The van der Waals surface area contributed by atoms with Crippen LogP contribution in [0.2, 0.25) is 0 Å². The SMILES string of the molecule is CCN(C(=O)/C(=N\OC)c1csc(C)n1)[C@@H]1C(=O)N2C(C)=C(CI)CS[C@H]12. The van der Waals surface area contributed by atoms with Gasteiger partial charge in [0, 0.05) is 27.8 Å². The van der Waals surface area contributed by atoms with Crippen molar-refractivity contribution in [2.45, 2.75) is 32.2 Å². The van der Waals surface area contributed by atoms with Crippen molar-refractivity contribution < 1.29 is 14.4 Å². The third-order valence-electron chi connectivity index (χ3n) is 4.66. The maximum atomic E-state index is 13.2. The number of thioether (sulfide) groups is 1. The number of likely N-dealkylation sites (N-methyl/N-ethyl adjacent to an activating group) is 1. The number of allylic oxidation sites excluding steroid dienone is 1. The fraction of sp³-hybridized carbons (Fsp3) is 0.529. The van der Waals surface area contributed by atoms with Gasteiger partial charge in [-0.3, -0.25) is 14.5 Å². The molecule has 10 heteroatoms. The van der Waals surface area contributed by atoms with Crippen molar-refractivity contribution in [1.29, 1.82) is 0 Å². The van der Waals surface area contributed by atoms with E-state index in [2.05, 4.69) is 32.7 Å². The largest absolute Gasteiger partial charge is 0.398 e. The average Bonchev–Trinajstić information content (AvgIpc) is 3.08. The van der Waals surface area contributed by atoms with Crippen LogP contribution in [0.3, 0.4) is 0 Å². The summed E-state index contributed by atoms with van der Waals surface area (Å²) < 4.78 is 0.905. The molecule has 0 aliphatic carbocycles. The molecule has 0 spiro atoms. The minimum atomic E-state index is -0.486. The molecule has 3 rings (SSSR count). The normalized spacial score (nSPS) is 22.5. The van der Waals surface area contributed by atoms with Gasteiger partial charge >= 0.3 is 0 Å². The molecule has 0 N–H and O–H groups in total. The van der Waals surface area contributed by atoms with E-state index in [0.717, 1.165) is 20.9 Å². The molecule has 0 aromatic carbocycles. The standard InChI is InChI=1S/C17H21IN4O3S2/c1-5-21(15(23)13(20-25-4)12-8-26-10(3)19-12)14-16(24)22-9(2)11(6-18)7-27-17(14)22/h8,14,17H,5-7H2,1-4H3/b20-13-/t14-,17-/m1/s1. The van der Waals surface area contributed by atoms with Crippen molar-refractivity contribution in [2.24, 2.45) is 5.16 Å². The number of nitrogens with zero attached hydrogens (tertiary/aromatic N) is 4. The zero-order valence-electron chi connectivity index (χ0n) is 15.6. The Bertz CT molecular complexity index is 823. The first-order valence-electron chi connectivity index (χ1n) is 8.48. The minimum Gasteiger partial charge on any atom is -0.398 e. The third-order valence-corrected chi connectivity index (χ3v) is 7.68. The lowest BCUT2D eigenvalue weighted by Crippen LogP contribution is -2.71. The second-order valence-corrected chi connectivity index (χ2v) is 9.07. The number of carbonyl (C=O) groups is 2. The van der Waals surface area contributed by atoms with Crippen LogP contribution in [-0.2, 0) is 14.4 Å². The number of aryl methyl sites for hydroxylation is 1. The Balaban J connectivity index is 1.87. The Morgan fingerprint density at radius 3 is 2.81 bits per heavy atom. The van der Waals surface area contributed by atoms with Gasteiger partial charge in [0.1, 0.15) is 24.2 Å². The average molecular weight is 520 g/mol. The van der Waals surface area contributed by atoms with Crippen LogP contribution < -0.4 is 0 Å². The number of amides is 2. The van der Waals surface area contributed by atoms with E-state index >= 15 is 0 Å². The molecule has 0 bridgehead atoms. The van der Waals surface area contributed by atoms with E-state index in [1.165, 1.54) is 24.0 Å². The van der Waals surface area contributed by atoms with Crippen LogP contribution in [0.15, 0.2) is 21.8 Å². The van der Waals surface area contributed by atoms with Gasteiger partial charge in [0.15, 0.2) is 5.71 Å². The molecule has 2 atom stereocenters. The fourth-order valence-corrected chi connectivity index (χ4v) is 6.54. The quantitative estimate of drug-likeness (QED) is 0.190. The summed E-state index contributed by atoms with van der Waals surface area (Å²) in [5.41, 5.74) is 2.92. The van der Waals surface area contributed by atoms with E-state index in [-0.39, 0.29) is 22.9 Å². The van der Waals surface area contributed by atoms with Crippen LogP contribution in [-0.4, -0.2) is 67.6 Å². The summed E-state index contributed by atoms with van der Waals surface area (Å²) in [4.78, 5) is 38.8. The monoisotopic (exact) mass is 520 g/mol. The third kappa shape index (κ3) is 3.63. The van der Waals surface area contributed by atoms with Crippen molar-refractivity contribution >= 4 is 63.2 Å². The number of aromatic nitrogens is 1. The molecular weight excluding hydrogens is 499 g/mol. The van der Waals surface area contributed by atoms with E-state index < -0.39 is 6.04 Å². The molecule has 0 radical (unpaired) electrons. The Morgan fingerprint density at radius 1 is 1.52 bits per heavy atom. The van der Waals surface area contributed by atoms with Gasteiger partial charge in [0.25, 0.3) is 11.8 Å². The molecule has 0 saturated carbocycles. The van der Waals surface area contributed by atoms with Crippen molar-refractivity contribution in [3.63, 3.8) is 0 Å². The summed E-state index contributed by atoms with van der Waals surface area (Å²) in [6.45, 7) is 6.14. The van der Waals surface area contributed by atoms with Gasteiger partial charge < -0.3 is 9.74 Å². The number of oxime groups is 1. The van der Waals surface area contributed by atoms with Crippen LogP contribution in [0.4, 0.5) is 0 Å². The number of rotatable bonds is 6. The highest BCUT2D eigenvalue weighted by molar-refractivity contribution is 14.1. The van der Waals surface area contributed by atoms with Crippen LogP contribution in [0.1, 0.15) is 24.5 Å². The Hall–Kier alpha value is -1.14. The first kappa shape index (κ1) is 20.6. The van der Waals surface area contributed by atoms with E-state index in [4.69, 9.17) is 4.84 Å².